The standard InChI is InChI=1S/C62H35N5OS/c1-2-14-37-33-38(29-28-36(37)13-1)49-35-52-57(43-16-4-3-15-41(43)49)45-17-5-7-23-51(45)67(52)50-24-10-19-40-42(50)20-9-21-44(40)61-64-60(39-30-31-46-54(34-39)68-53-25-12-32-63-59(46)53)65-62(66-61)48-22-11-27-56-58(48)47-18-6-8-26-55(47)69-56/h1-35H. The van der Waals surface area contributed by atoms with Gasteiger partial charge in [-0.2, -0.15) is 0 Å². The molecule has 5 heterocycles. The van der Waals surface area contributed by atoms with E-state index in [1.807, 2.05) is 18.2 Å². The lowest BCUT2D eigenvalue weighted by Gasteiger charge is -2.16. The molecular weight excluding hydrogens is 863 g/mol. The number of thiophene rings is 1. The Bertz CT molecular complexity index is 4640. The van der Waals surface area contributed by atoms with Crippen molar-refractivity contribution in [2.75, 3.05) is 0 Å². The van der Waals surface area contributed by atoms with Gasteiger partial charge in [-0.15, -0.1) is 11.3 Å². The number of furan rings is 1. The Labute approximate surface area is 398 Å². The van der Waals surface area contributed by atoms with Gasteiger partial charge in [-0.25, -0.2) is 15.0 Å². The van der Waals surface area contributed by atoms with Gasteiger partial charge in [0.2, 0.25) is 0 Å². The van der Waals surface area contributed by atoms with Gasteiger partial charge in [-0.3, -0.25) is 4.98 Å². The summed E-state index contributed by atoms with van der Waals surface area (Å²) in [5.74, 6) is 1.76. The van der Waals surface area contributed by atoms with Crippen molar-refractivity contribution in [3.05, 3.63) is 212 Å². The molecule has 0 spiro atoms. The minimum atomic E-state index is 0.561. The Kier molecular flexibility index (Phi) is 8.13. The molecule has 0 aliphatic rings. The highest BCUT2D eigenvalue weighted by molar-refractivity contribution is 7.25. The Morgan fingerprint density at radius 3 is 1.99 bits per heavy atom. The molecule has 0 amide bonds. The van der Waals surface area contributed by atoms with Gasteiger partial charge >= 0.3 is 0 Å². The van der Waals surface area contributed by atoms with Gasteiger partial charge in [-0.1, -0.05) is 146 Å². The summed E-state index contributed by atoms with van der Waals surface area (Å²) < 4.78 is 11.2. The fraction of sp³-hybridized carbons (Fsp3) is 0. The van der Waals surface area contributed by atoms with Crippen molar-refractivity contribution in [1.29, 1.82) is 0 Å². The van der Waals surface area contributed by atoms with Gasteiger partial charge < -0.3 is 8.98 Å². The average Bonchev–Trinajstić information content (AvgIpc) is 4.09. The van der Waals surface area contributed by atoms with E-state index in [2.05, 4.69) is 198 Å². The van der Waals surface area contributed by atoms with Crippen LogP contribution in [0.5, 0.6) is 0 Å². The SMILES string of the molecule is c1ccc2cc(-c3cc4c(c5ccccc35)c3ccccc3n4-c3cccc4c(-c5nc(-c6ccc7c(c6)oc6cccnc67)nc(-c6cccc7sc8ccccc8c67)n5)cccc34)ccc2c1. The number of para-hydroxylation sites is 1. The Hall–Kier alpha value is -9.04. The summed E-state index contributed by atoms with van der Waals surface area (Å²) in [7, 11) is 0. The normalized spacial score (nSPS) is 12.1. The van der Waals surface area contributed by atoms with Gasteiger partial charge in [0.15, 0.2) is 23.1 Å². The fourth-order valence-electron chi connectivity index (χ4n) is 10.8. The second-order valence-electron chi connectivity index (χ2n) is 17.7. The lowest BCUT2D eigenvalue weighted by atomic mass is 9.93. The first-order valence-electron chi connectivity index (χ1n) is 23.1. The summed E-state index contributed by atoms with van der Waals surface area (Å²) in [6, 6.07) is 73.6. The van der Waals surface area contributed by atoms with Crippen molar-refractivity contribution in [3.8, 4) is 51.0 Å². The summed E-state index contributed by atoms with van der Waals surface area (Å²) in [5, 5.41) is 12.7. The molecule has 15 aromatic rings. The number of benzene rings is 10. The van der Waals surface area contributed by atoms with Crippen LogP contribution in [0, 0.1) is 0 Å². The van der Waals surface area contributed by atoms with Crippen LogP contribution >= 0.6 is 11.3 Å². The topological polar surface area (TPSA) is 69.6 Å². The molecule has 0 bridgehead atoms. The zero-order valence-electron chi connectivity index (χ0n) is 36.8. The van der Waals surface area contributed by atoms with E-state index in [-0.39, 0.29) is 0 Å². The quantitative estimate of drug-likeness (QED) is 0.172. The van der Waals surface area contributed by atoms with E-state index < -0.39 is 0 Å². The van der Waals surface area contributed by atoms with Crippen LogP contribution in [0.1, 0.15) is 0 Å². The number of rotatable bonds is 5. The minimum absolute atomic E-state index is 0.561. The van der Waals surface area contributed by atoms with Crippen molar-refractivity contribution in [3.63, 3.8) is 0 Å². The Morgan fingerprint density at radius 1 is 0.377 bits per heavy atom. The molecule has 0 atom stereocenters. The number of nitrogens with zero attached hydrogens (tertiary/aromatic N) is 5. The zero-order valence-corrected chi connectivity index (χ0v) is 37.6. The Morgan fingerprint density at radius 2 is 1.06 bits per heavy atom. The molecule has 0 saturated heterocycles. The van der Waals surface area contributed by atoms with Crippen LogP contribution in [0.2, 0.25) is 0 Å². The van der Waals surface area contributed by atoms with Gasteiger partial charge in [0.1, 0.15) is 11.1 Å². The maximum absolute atomic E-state index is 6.35. The largest absolute Gasteiger partial charge is 0.454 e. The van der Waals surface area contributed by atoms with Gasteiger partial charge in [-0.05, 0) is 98.7 Å². The Balaban J connectivity index is 0.979. The second-order valence-corrected chi connectivity index (χ2v) is 18.8. The second kappa shape index (κ2) is 14.7. The molecule has 0 fully saturated rings. The number of fused-ring (bicyclic) bond motifs is 13. The van der Waals surface area contributed by atoms with Crippen LogP contribution in [-0.2, 0) is 0 Å². The molecule has 0 N–H and O–H groups in total. The molecule has 15 rings (SSSR count). The summed E-state index contributed by atoms with van der Waals surface area (Å²) >= 11 is 1.79. The molecule has 0 aliphatic carbocycles. The third kappa shape index (κ3) is 5.78. The lowest BCUT2D eigenvalue weighted by molar-refractivity contribution is 0.668. The molecule has 0 saturated carbocycles. The molecule has 320 valence electrons. The molecule has 10 aromatic carbocycles. The van der Waals surface area contributed by atoms with E-state index in [1.165, 1.54) is 58.2 Å². The van der Waals surface area contributed by atoms with Gasteiger partial charge in [0.25, 0.3) is 0 Å². The first-order valence-corrected chi connectivity index (χ1v) is 23.9. The summed E-state index contributed by atoms with van der Waals surface area (Å²) in [4.78, 5) is 20.7. The first kappa shape index (κ1) is 38.1. The van der Waals surface area contributed by atoms with Gasteiger partial charge in [0, 0.05) is 64.6 Å². The predicted molar refractivity (Wildman–Crippen MR) is 286 cm³/mol. The van der Waals surface area contributed by atoms with E-state index in [1.54, 1.807) is 17.5 Å². The highest BCUT2D eigenvalue weighted by atomic mass is 32.1. The molecule has 69 heavy (non-hydrogen) atoms. The molecule has 0 unspecified atom stereocenters. The third-order valence-electron chi connectivity index (χ3n) is 13.9. The number of pyridine rings is 1. The summed E-state index contributed by atoms with van der Waals surface area (Å²) in [6.07, 6.45) is 1.80. The predicted octanol–water partition coefficient (Wildman–Crippen LogP) is 16.8. The van der Waals surface area contributed by atoms with Crippen molar-refractivity contribution >= 4 is 108 Å². The van der Waals surface area contributed by atoms with Crippen molar-refractivity contribution in [2.24, 2.45) is 0 Å². The van der Waals surface area contributed by atoms with Crippen LogP contribution in [0.25, 0.3) is 147 Å². The maximum atomic E-state index is 6.35. The van der Waals surface area contributed by atoms with E-state index in [0.29, 0.717) is 17.5 Å². The molecule has 0 aliphatic heterocycles. The highest BCUT2D eigenvalue weighted by Crippen LogP contribution is 2.45. The van der Waals surface area contributed by atoms with E-state index >= 15 is 0 Å². The molecule has 5 aromatic heterocycles. The number of hydrogen-bond donors (Lipinski definition) is 0. The molecular formula is C62H35N5OS. The summed E-state index contributed by atoms with van der Waals surface area (Å²) in [5.41, 5.74) is 10.8. The lowest BCUT2D eigenvalue weighted by Crippen LogP contribution is -2.01. The fourth-order valence-corrected chi connectivity index (χ4v) is 11.9. The highest BCUT2D eigenvalue weighted by Gasteiger charge is 2.22. The van der Waals surface area contributed by atoms with Crippen LogP contribution in [0.3, 0.4) is 0 Å². The van der Waals surface area contributed by atoms with Crippen molar-refractivity contribution in [2.45, 2.75) is 0 Å². The number of hydrogen-bond acceptors (Lipinski definition) is 6. The maximum Gasteiger partial charge on any atom is 0.164 e. The molecule has 0 radical (unpaired) electrons. The van der Waals surface area contributed by atoms with Crippen molar-refractivity contribution < 1.29 is 4.42 Å². The van der Waals surface area contributed by atoms with Crippen LogP contribution in [0.15, 0.2) is 217 Å². The summed E-state index contributed by atoms with van der Waals surface area (Å²) in [6.45, 7) is 0. The third-order valence-corrected chi connectivity index (χ3v) is 15.0. The average molecular weight is 898 g/mol. The van der Waals surface area contributed by atoms with Crippen molar-refractivity contribution in [1.82, 2.24) is 24.5 Å². The smallest absolute Gasteiger partial charge is 0.164 e. The van der Waals surface area contributed by atoms with E-state index in [9.17, 15) is 0 Å². The minimum Gasteiger partial charge on any atom is -0.454 e. The van der Waals surface area contributed by atoms with Crippen LogP contribution in [-0.4, -0.2) is 24.5 Å². The van der Waals surface area contributed by atoms with E-state index in [0.717, 1.165) is 71.6 Å². The molecule has 6 nitrogen and oxygen atoms in total. The zero-order chi connectivity index (χ0) is 45.2. The van der Waals surface area contributed by atoms with Crippen LogP contribution in [0.4, 0.5) is 0 Å². The van der Waals surface area contributed by atoms with Gasteiger partial charge in [0.05, 0.1) is 16.7 Å². The first-order chi connectivity index (χ1) is 34.2. The van der Waals surface area contributed by atoms with E-state index in [4.69, 9.17) is 19.4 Å². The van der Waals surface area contributed by atoms with Crippen LogP contribution < -0.4 is 0 Å². The monoisotopic (exact) mass is 897 g/mol. The number of aromatic nitrogens is 5. The molecule has 7 heteroatoms.